The molecule has 0 radical (unpaired) electrons. The van der Waals surface area contributed by atoms with E-state index in [9.17, 15) is 19.5 Å². The minimum Gasteiger partial charge on any atom is -0.466 e. The van der Waals surface area contributed by atoms with Crippen LogP contribution in [0.4, 0.5) is 4.79 Å². The van der Waals surface area contributed by atoms with Crippen LogP contribution < -0.4 is 10.6 Å². The van der Waals surface area contributed by atoms with Gasteiger partial charge >= 0.3 is 18.0 Å². The number of aliphatic hydroxyl groups is 1. The minimum absolute atomic E-state index is 0.00328. The summed E-state index contributed by atoms with van der Waals surface area (Å²) in [5.74, 6) is 0.462. The highest BCUT2D eigenvalue weighted by molar-refractivity contribution is 5.73. The van der Waals surface area contributed by atoms with Crippen molar-refractivity contribution in [2.75, 3.05) is 46.4 Å². The predicted molar refractivity (Wildman–Crippen MR) is 263 cm³/mol. The fourth-order valence-corrected chi connectivity index (χ4v) is 8.61. The lowest BCUT2D eigenvalue weighted by Crippen LogP contribution is -2.33. The Hall–Kier alpha value is -1.87. The van der Waals surface area contributed by atoms with Crippen LogP contribution in [-0.4, -0.2) is 80.5 Å². The highest BCUT2D eigenvalue weighted by atomic mass is 16.5. The van der Waals surface area contributed by atoms with E-state index in [0.717, 1.165) is 129 Å². The molecule has 0 aromatic rings. The molecule has 0 heterocycles. The molecule has 0 aliphatic heterocycles. The number of carbonyl (C=O) groups is 3. The molecule has 62 heavy (non-hydrogen) atoms. The molecule has 3 N–H and O–H groups in total. The van der Waals surface area contributed by atoms with Gasteiger partial charge in [-0.25, -0.2) is 4.79 Å². The van der Waals surface area contributed by atoms with Gasteiger partial charge < -0.3 is 30.1 Å². The highest BCUT2D eigenvalue weighted by Crippen LogP contribution is 2.20. The molecular formula is C53H105N3O6. The average molecular weight is 880 g/mol. The van der Waals surface area contributed by atoms with Gasteiger partial charge in [-0.1, -0.05) is 168 Å². The molecule has 1 unspecified atom stereocenters. The zero-order valence-electron chi connectivity index (χ0n) is 41.7. The van der Waals surface area contributed by atoms with Gasteiger partial charge in [-0.05, 0) is 102 Å². The predicted octanol–water partition coefficient (Wildman–Crippen LogP) is 14.2. The first kappa shape index (κ1) is 60.1. The number of hydrogen-bond donors (Lipinski definition) is 3. The number of rotatable bonds is 49. The monoisotopic (exact) mass is 880 g/mol. The van der Waals surface area contributed by atoms with E-state index in [2.05, 4.69) is 36.3 Å². The molecule has 9 nitrogen and oxygen atoms in total. The van der Waals surface area contributed by atoms with Gasteiger partial charge in [0.2, 0.25) is 0 Å². The van der Waals surface area contributed by atoms with Gasteiger partial charge in [-0.15, -0.1) is 0 Å². The summed E-state index contributed by atoms with van der Waals surface area (Å²) >= 11 is 0. The normalized spacial score (nSPS) is 12.0. The largest absolute Gasteiger partial charge is 0.466 e. The summed E-state index contributed by atoms with van der Waals surface area (Å²) in [7, 11) is 1.64. The van der Waals surface area contributed by atoms with Crippen LogP contribution in [0.3, 0.4) is 0 Å². The summed E-state index contributed by atoms with van der Waals surface area (Å²) < 4.78 is 11.6. The van der Waals surface area contributed by atoms with Crippen molar-refractivity contribution in [1.29, 1.82) is 0 Å². The quantitative estimate of drug-likeness (QED) is 0.0411. The third-order valence-corrected chi connectivity index (χ3v) is 12.6. The topological polar surface area (TPSA) is 117 Å². The van der Waals surface area contributed by atoms with Crippen LogP contribution >= 0.6 is 0 Å². The Balaban J connectivity index is 4.78. The third-order valence-electron chi connectivity index (χ3n) is 12.6. The van der Waals surface area contributed by atoms with Gasteiger partial charge in [0, 0.05) is 39.6 Å². The summed E-state index contributed by atoms with van der Waals surface area (Å²) in [5.41, 5.74) is 0. The number of nitrogens with one attached hydrogen (secondary N) is 2. The van der Waals surface area contributed by atoms with Crippen LogP contribution in [0.15, 0.2) is 0 Å². The van der Waals surface area contributed by atoms with Crippen LogP contribution in [0.2, 0.25) is 0 Å². The van der Waals surface area contributed by atoms with Crippen molar-refractivity contribution in [3.63, 3.8) is 0 Å². The fraction of sp³-hybridized carbons (Fsp3) is 0.943. The summed E-state index contributed by atoms with van der Waals surface area (Å²) in [5, 5.41) is 15.2. The smallest absolute Gasteiger partial charge is 0.314 e. The van der Waals surface area contributed by atoms with Gasteiger partial charge in [0.05, 0.1) is 6.61 Å². The van der Waals surface area contributed by atoms with E-state index in [4.69, 9.17) is 9.47 Å². The molecule has 1 atom stereocenters. The Morgan fingerprint density at radius 2 is 0.935 bits per heavy atom. The molecule has 0 aliphatic carbocycles. The first-order valence-electron chi connectivity index (χ1n) is 27.0. The number of hydrogen-bond acceptors (Lipinski definition) is 7. The highest BCUT2D eigenvalue weighted by Gasteiger charge is 2.16. The zero-order valence-corrected chi connectivity index (χ0v) is 41.7. The van der Waals surface area contributed by atoms with Crippen molar-refractivity contribution in [3.8, 4) is 0 Å². The molecule has 0 aromatic carbocycles. The van der Waals surface area contributed by atoms with Crippen molar-refractivity contribution < 1.29 is 29.0 Å². The van der Waals surface area contributed by atoms with E-state index in [1.165, 1.54) is 122 Å². The standard InChI is InChI=1S/C53H105N3O6/c1-5-8-11-14-17-18-19-25-35-47-61-51(58)41-30-26-34-45-56(48-49(38-36-46-57)37-31-32-43-55-53(60)54-4)44-33-24-20-23-29-42-52(59)62-50(39-27-21-15-12-9-6-2)40-28-22-16-13-10-7-3/h49-50,57H,5-48H2,1-4H3,(H2,54,55,60). The lowest BCUT2D eigenvalue weighted by atomic mass is 9.95. The van der Waals surface area contributed by atoms with E-state index in [1.807, 2.05) is 0 Å². The Morgan fingerprint density at radius 1 is 0.500 bits per heavy atom. The van der Waals surface area contributed by atoms with Gasteiger partial charge in [-0.3, -0.25) is 9.59 Å². The molecular weight excluding hydrogens is 775 g/mol. The van der Waals surface area contributed by atoms with Gasteiger partial charge in [0.15, 0.2) is 0 Å². The van der Waals surface area contributed by atoms with Crippen molar-refractivity contribution in [2.45, 2.75) is 271 Å². The molecule has 0 saturated heterocycles. The maximum Gasteiger partial charge on any atom is 0.314 e. The van der Waals surface area contributed by atoms with Crippen LogP contribution in [0.5, 0.6) is 0 Å². The molecule has 9 heteroatoms. The second-order valence-corrected chi connectivity index (χ2v) is 18.6. The van der Waals surface area contributed by atoms with E-state index in [1.54, 1.807) is 7.05 Å². The van der Waals surface area contributed by atoms with Crippen LogP contribution in [0.1, 0.15) is 265 Å². The number of unbranched alkanes of at least 4 members (excludes halogenated alkanes) is 25. The van der Waals surface area contributed by atoms with E-state index in [0.29, 0.717) is 31.9 Å². The molecule has 0 saturated carbocycles. The first-order valence-corrected chi connectivity index (χ1v) is 27.0. The van der Waals surface area contributed by atoms with Crippen molar-refractivity contribution in [3.05, 3.63) is 0 Å². The lowest BCUT2D eigenvalue weighted by Gasteiger charge is -2.28. The van der Waals surface area contributed by atoms with Crippen LogP contribution in [0.25, 0.3) is 0 Å². The number of ether oxygens (including phenoxy) is 2. The fourth-order valence-electron chi connectivity index (χ4n) is 8.61. The van der Waals surface area contributed by atoms with Crippen LogP contribution in [0, 0.1) is 5.92 Å². The maximum absolute atomic E-state index is 12.9. The Labute approximate surface area is 384 Å². The first-order chi connectivity index (χ1) is 30.4. The van der Waals surface area contributed by atoms with Crippen molar-refractivity contribution in [1.82, 2.24) is 15.5 Å². The van der Waals surface area contributed by atoms with E-state index in [-0.39, 0.29) is 30.7 Å². The molecule has 368 valence electrons. The molecule has 0 spiro atoms. The SMILES string of the molecule is CCCCCCCCCCCOC(=O)CCCCCN(CCCCCCCC(=O)OC(CCCCCCCC)CCCCCCCC)CC(CCCO)CCCCNC(=O)NC. The molecule has 2 amide bonds. The number of nitrogens with zero attached hydrogens (tertiary/aromatic N) is 1. The zero-order chi connectivity index (χ0) is 45.4. The average Bonchev–Trinajstić information content (AvgIpc) is 3.27. The van der Waals surface area contributed by atoms with Gasteiger partial charge in [0.25, 0.3) is 0 Å². The Kier molecular flexibility index (Phi) is 47.1. The summed E-state index contributed by atoms with van der Waals surface area (Å²) in [6.07, 6.45) is 43.0. The Morgan fingerprint density at radius 3 is 1.47 bits per heavy atom. The summed E-state index contributed by atoms with van der Waals surface area (Å²) in [6.45, 7) is 11.3. The lowest BCUT2D eigenvalue weighted by molar-refractivity contribution is -0.150. The number of aliphatic hydroxyl groups excluding tert-OH is 1. The van der Waals surface area contributed by atoms with Crippen molar-refractivity contribution in [2.24, 2.45) is 5.92 Å². The number of carbonyl (C=O) groups excluding carboxylic acids is 3. The molecule has 0 aromatic heterocycles. The minimum atomic E-state index is -0.133. The maximum atomic E-state index is 12.9. The second kappa shape index (κ2) is 48.6. The summed E-state index contributed by atoms with van der Waals surface area (Å²) in [4.78, 5) is 39.5. The van der Waals surface area contributed by atoms with E-state index >= 15 is 0 Å². The van der Waals surface area contributed by atoms with E-state index < -0.39 is 0 Å². The molecule has 0 bridgehead atoms. The molecule has 0 fully saturated rings. The molecule has 0 aliphatic rings. The molecule has 0 rings (SSSR count). The summed E-state index contributed by atoms with van der Waals surface area (Å²) in [6, 6.07) is -0.133. The number of urea groups is 1. The van der Waals surface area contributed by atoms with Crippen molar-refractivity contribution >= 4 is 18.0 Å². The van der Waals surface area contributed by atoms with Crippen LogP contribution in [-0.2, 0) is 19.1 Å². The second-order valence-electron chi connectivity index (χ2n) is 18.6. The number of esters is 2. The third kappa shape index (κ3) is 43.4. The van der Waals surface area contributed by atoms with Gasteiger partial charge in [-0.2, -0.15) is 0 Å². The van der Waals surface area contributed by atoms with Gasteiger partial charge in [0.1, 0.15) is 6.10 Å². The number of amides is 2. The Bertz CT molecular complexity index is 952.